The molecule has 1 aromatic carbocycles. The van der Waals surface area contributed by atoms with E-state index in [1.165, 1.54) is 0 Å². The van der Waals surface area contributed by atoms with E-state index in [9.17, 15) is 24.1 Å². The number of nitrogens with zero attached hydrogens (tertiary/aromatic N) is 1. The Bertz CT molecular complexity index is 519. The first-order chi connectivity index (χ1) is 8.88. The van der Waals surface area contributed by atoms with Crippen LogP contribution in [0.3, 0.4) is 0 Å². The first kappa shape index (κ1) is 14.5. The van der Waals surface area contributed by atoms with Gasteiger partial charge in [-0.25, -0.2) is 9.18 Å². The summed E-state index contributed by atoms with van der Waals surface area (Å²) < 4.78 is 17.5. The van der Waals surface area contributed by atoms with Crippen molar-refractivity contribution in [3.63, 3.8) is 0 Å². The van der Waals surface area contributed by atoms with Crippen LogP contribution in [0.1, 0.15) is 0 Å². The quantitative estimate of drug-likeness (QED) is 0.583. The number of carboxylic acids is 1. The second-order valence-electron chi connectivity index (χ2n) is 3.39. The van der Waals surface area contributed by atoms with Crippen molar-refractivity contribution in [3.05, 3.63) is 34.1 Å². The van der Waals surface area contributed by atoms with Crippen LogP contribution in [0, 0.1) is 15.9 Å². The van der Waals surface area contributed by atoms with Crippen molar-refractivity contribution >= 4 is 23.3 Å². The number of nitro benzene ring substituents is 1. The summed E-state index contributed by atoms with van der Waals surface area (Å²) >= 11 is 0. The zero-order chi connectivity index (χ0) is 14.4. The fourth-order valence-electron chi connectivity index (χ4n) is 1.18. The van der Waals surface area contributed by atoms with E-state index < -0.39 is 41.5 Å². The molecule has 8 nitrogen and oxygen atoms in total. The normalized spacial score (nSPS) is 9.95. The molecule has 0 fully saturated rings. The molecule has 0 saturated carbocycles. The standard InChI is InChI=1S/C10H9FN2O6/c11-6-1-7(3-8(2-6)13(17)18)12-9(14)4-19-5-10(15)16/h1-3H,4-5H2,(H,12,14)(H,15,16). The number of ether oxygens (including phenoxy) is 1. The number of benzene rings is 1. The molecular formula is C10H9FN2O6. The van der Waals surface area contributed by atoms with Crippen LogP contribution >= 0.6 is 0 Å². The van der Waals surface area contributed by atoms with Crippen molar-refractivity contribution in [1.29, 1.82) is 0 Å². The number of carboxylic acid groups (broad SMARTS) is 1. The highest BCUT2D eigenvalue weighted by atomic mass is 19.1. The Kier molecular flexibility index (Phi) is 4.89. The first-order valence-corrected chi connectivity index (χ1v) is 4.93. The number of rotatable bonds is 6. The molecule has 0 heterocycles. The Morgan fingerprint density at radius 3 is 2.63 bits per heavy atom. The highest BCUT2D eigenvalue weighted by Gasteiger charge is 2.12. The number of amides is 1. The third kappa shape index (κ3) is 5.08. The molecule has 9 heteroatoms. The minimum atomic E-state index is -1.24. The maximum Gasteiger partial charge on any atom is 0.329 e. The number of halogens is 1. The van der Waals surface area contributed by atoms with Gasteiger partial charge in [-0.15, -0.1) is 0 Å². The molecule has 0 bridgehead atoms. The predicted octanol–water partition coefficient (Wildman–Crippen LogP) is 0.774. The molecule has 102 valence electrons. The highest BCUT2D eigenvalue weighted by Crippen LogP contribution is 2.19. The van der Waals surface area contributed by atoms with E-state index in [2.05, 4.69) is 10.1 Å². The fraction of sp³-hybridized carbons (Fsp3) is 0.200. The summed E-state index contributed by atoms with van der Waals surface area (Å²) in [6.07, 6.45) is 0. The largest absolute Gasteiger partial charge is 0.480 e. The number of hydrogen-bond donors (Lipinski definition) is 2. The van der Waals surface area contributed by atoms with E-state index in [0.29, 0.717) is 6.07 Å². The number of aliphatic carboxylic acids is 1. The van der Waals surface area contributed by atoms with Crippen molar-refractivity contribution in [3.8, 4) is 0 Å². The number of anilines is 1. The third-order valence-electron chi connectivity index (χ3n) is 1.84. The van der Waals surface area contributed by atoms with E-state index in [1.54, 1.807) is 0 Å². The zero-order valence-electron chi connectivity index (χ0n) is 9.46. The molecule has 1 rings (SSSR count). The summed E-state index contributed by atoms with van der Waals surface area (Å²) in [5.74, 6) is -2.87. The number of nitro groups is 1. The van der Waals surface area contributed by atoms with Gasteiger partial charge in [0, 0.05) is 6.07 Å². The Morgan fingerprint density at radius 2 is 2.05 bits per heavy atom. The van der Waals surface area contributed by atoms with Crippen molar-refractivity contribution in [2.24, 2.45) is 0 Å². The number of nitrogens with one attached hydrogen (secondary N) is 1. The van der Waals surface area contributed by atoms with Gasteiger partial charge < -0.3 is 15.2 Å². The van der Waals surface area contributed by atoms with Crippen LogP contribution in [-0.4, -0.2) is 35.1 Å². The molecule has 0 saturated heterocycles. The van der Waals surface area contributed by atoms with E-state index in [4.69, 9.17) is 5.11 Å². The minimum Gasteiger partial charge on any atom is -0.480 e. The van der Waals surface area contributed by atoms with Gasteiger partial charge in [0.25, 0.3) is 5.69 Å². The van der Waals surface area contributed by atoms with Crippen LogP contribution in [0.4, 0.5) is 15.8 Å². The maximum absolute atomic E-state index is 13.0. The molecule has 1 aromatic rings. The molecular weight excluding hydrogens is 263 g/mol. The Labute approximate surface area is 105 Å². The summed E-state index contributed by atoms with van der Waals surface area (Å²) in [7, 11) is 0. The predicted molar refractivity (Wildman–Crippen MR) is 60.1 cm³/mol. The number of carbonyl (C=O) groups is 2. The van der Waals surface area contributed by atoms with Crippen LogP contribution in [0.5, 0.6) is 0 Å². The van der Waals surface area contributed by atoms with Gasteiger partial charge in [0.15, 0.2) is 0 Å². The second-order valence-corrected chi connectivity index (χ2v) is 3.39. The highest BCUT2D eigenvalue weighted by molar-refractivity contribution is 5.92. The third-order valence-corrected chi connectivity index (χ3v) is 1.84. The Balaban J connectivity index is 2.63. The molecule has 0 aromatic heterocycles. The van der Waals surface area contributed by atoms with E-state index in [-0.39, 0.29) is 5.69 Å². The van der Waals surface area contributed by atoms with E-state index in [1.807, 2.05) is 0 Å². The summed E-state index contributed by atoms with van der Waals surface area (Å²) in [5, 5.41) is 20.9. The lowest BCUT2D eigenvalue weighted by molar-refractivity contribution is -0.385. The van der Waals surface area contributed by atoms with Crippen LogP contribution in [0.2, 0.25) is 0 Å². The average molecular weight is 272 g/mol. The molecule has 0 aliphatic carbocycles. The molecule has 0 atom stereocenters. The lowest BCUT2D eigenvalue weighted by Gasteiger charge is -2.05. The van der Waals surface area contributed by atoms with Crippen LogP contribution in [0.15, 0.2) is 18.2 Å². The second kappa shape index (κ2) is 6.40. The van der Waals surface area contributed by atoms with Crippen molar-refractivity contribution in [2.75, 3.05) is 18.5 Å². The first-order valence-electron chi connectivity index (χ1n) is 4.93. The molecule has 0 aliphatic rings. The molecule has 0 spiro atoms. The minimum absolute atomic E-state index is 0.115. The summed E-state index contributed by atoms with van der Waals surface area (Å²) in [6, 6.07) is 2.57. The van der Waals surface area contributed by atoms with Gasteiger partial charge in [0.05, 0.1) is 16.7 Å². The van der Waals surface area contributed by atoms with E-state index >= 15 is 0 Å². The van der Waals surface area contributed by atoms with Gasteiger partial charge in [0.2, 0.25) is 5.91 Å². The molecule has 0 radical (unpaired) electrons. The molecule has 19 heavy (non-hydrogen) atoms. The lowest BCUT2D eigenvalue weighted by atomic mass is 10.2. The summed E-state index contributed by atoms with van der Waals surface area (Å²) in [6.45, 7) is -1.21. The summed E-state index contributed by atoms with van der Waals surface area (Å²) in [4.78, 5) is 31.1. The van der Waals surface area contributed by atoms with Gasteiger partial charge in [0.1, 0.15) is 19.0 Å². The van der Waals surface area contributed by atoms with Crippen molar-refractivity contribution in [1.82, 2.24) is 0 Å². The Hall–Kier alpha value is -2.55. The van der Waals surface area contributed by atoms with Crippen molar-refractivity contribution < 1.29 is 28.7 Å². The average Bonchev–Trinajstić information content (AvgIpc) is 2.27. The van der Waals surface area contributed by atoms with Crippen LogP contribution < -0.4 is 5.32 Å². The van der Waals surface area contributed by atoms with Crippen LogP contribution in [-0.2, 0) is 14.3 Å². The summed E-state index contributed by atoms with van der Waals surface area (Å²) in [5.41, 5.74) is -0.627. The Morgan fingerprint density at radius 1 is 1.37 bits per heavy atom. The lowest BCUT2D eigenvalue weighted by Crippen LogP contribution is -2.20. The maximum atomic E-state index is 13.0. The SMILES string of the molecule is O=C(O)COCC(=O)Nc1cc(F)cc([N+](=O)[O-])c1. The molecule has 0 unspecified atom stereocenters. The van der Waals surface area contributed by atoms with Gasteiger partial charge in [-0.05, 0) is 6.07 Å². The molecule has 0 aliphatic heterocycles. The topological polar surface area (TPSA) is 119 Å². The van der Waals surface area contributed by atoms with Gasteiger partial charge in [-0.2, -0.15) is 0 Å². The van der Waals surface area contributed by atoms with Gasteiger partial charge in [-0.1, -0.05) is 0 Å². The number of carbonyl (C=O) groups excluding carboxylic acids is 1. The van der Waals surface area contributed by atoms with Gasteiger partial charge >= 0.3 is 5.97 Å². The number of non-ortho nitro benzene ring substituents is 1. The molecule has 1 amide bonds. The zero-order valence-corrected chi connectivity index (χ0v) is 9.46. The smallest absolute Gasteiger partial charge is 0.329 e. The van der Waals surface area contributed by atoms with Crippen molar-refractivity contribution in [2.45, 2.75) is 0 Å². The van der Waals surface area contributed by atoms with E-state index in [0.717, 1.165) is 12.1 Å². The number of hydrogen-bond acceptors (Lipinski definition) is 5. The monoisotopic (exact) mass is 272 g/mol. The van der Waals surface area contributed by atoms with Crippen LogP contribution in [0.25, 0.3) is 0 Å². The molecule has 2 N–H and O–H groups in total. The fourth-order valence-corrected chi connectivity index (χ4v) is 1.18. The van der Waals surface area contributed by atoms with Gasteiger partial charge in [-0.3, -0.25) is 14.9 Å².